The second kappa shape index (κ2) is 2.70. The standard InChI is InChI=1S/C8H8BrN3O/c1-4-6(9)7(13)5-3-10-12(2)8(5)11-4/h3H,1-2H3,(H,11,13). The minimum Gasteiger partial charge on any atom is -0.342 e. The predicted molar refractivity (Wildman–Crippen MR) is 53.8 cm³/mol. The summed E-state index contributed by atoms with van der Waals surface area (Å²) in [4.78, 5) is 14.7. The summed E-state index contributed by atoms with van der Waals surface area (Å²) in [7, 11) is 1.80. The maximum Gasteiger partial charge on any atom is 0.207 e. The van der Waals surface area contributed by atoms with E-state index in [0.29, 0.717) is 9.86 Å². The van der Waals surface area contributed by atoms with Crippen LogP contribution in [0.15, 0.2) is 15.5 Å². The van der Waals surface area contributed by atoms with Crippen molar-refractivity contribution in [3.05, 3.63) is 26.6 Å². The molecule has 2 rings (SSSR count). The number of fused-ring (bicyclic) bond motifs is 1. The molecule has 1 N–H and O–H groups in total. The summed E-state index contributed by atoms with van der Waals surface area (Å²) in [6.07, 6.45) is 1.57. The van der Waals surface area contributed by atoms with Gasteiger partial charge >= 0.3 is 0 Å². The first-order chi connectivity index (χ1) is 6.11. The largest absolute Gasteiger partial charge is 0.342 e. The molecule has 4 nitrogen and oxygen atoms in total. The highest BCUT2D eigenvalue weighted by molar-refractivity contribution is 9.10. The van der Waals surface area contributed by atoms with E-state index in [-0.39, 0.29) is 5.43 Å². The van der Waals surface area contributed by atoms with Gasteiger partial charge in [-0.25, -0.2) is 0 Å². The molecule has 0 atom stereocenters. The number of aromatic nitrogens is 3. The molecule has 0 radical (unpaired) electrons. The van der Waals surface area contributed by atoms with Crippen LogP contribution in [0.1, 0.15) is 5.69 Å². The minimum absolute atomic E-state index is 0.0145. The molecule has 0 saturated heterocycles. The lowest BCUT2D eigenvalue weighted by atomic mass is 10.3. The van der Waals surface area contributed by atoms with Crippen molar-refractivity contribution in [2.45, 2.75) is 6.92 Å². The SMILES string of the molecule is Cc1[nH]c2c(cnn2C)c(=O)c1Br. The predicted octanol–water partition coefficient (Wildman–Crippen LogP) is 1.33. The van der Waals surface area contributed by atoms with Crippen LogP contribution in [0.3, 0.4) is 0 Å². The van der Waals surface area contributed by atoms with Gasteiger partial charge in [-0.1, -0.05) is 0 Å². The van der Waals surface area contributed by atoms with E-state index >= 15 is 0 Å². The van der Waals surface area contributed by atoms with Crippen molar-refractivity contribution in [3.63, 3.8) is 0 Å². The van der Waals surface area contributed by atoms with Crippen molar-refractivity contribution in [1.29, 1.82) is 0 Å². The van der Waals surface area contributed by atoms with E-state index in [1.165, 1.54) is 0 Å². The van der Waals surface area contributed by atoms with Crippen molar-refractivity contribution < 1.29 is 0 Å². The van der Waals surface area contributed by atoms with Crippen LogP contribution < -0.4 is 5.43 Å². The normalized spacial score (nSPS) is 11.0. The first-order valence-corrected chi connectivity index (χ1v) is 4.60. The molecule has 5 heteroatoms. The second-order valence-electron chi connectivity index (χ2n) is 2.92. The number of nitrogens with zero attached hydrogens (tertiary/aromatic N) is 2. The lowest BCUT2D eigenvalue weighted by molar-refractivity contribution is 0.784. The van der Waals surface area contributed by atoms with Gasteiger partial charge in [0.2, 0.25) is 5.43 Å². The van der Waals surface area contributed by atoms with Gasteiger partial charge < -0.3 is 4.98 Å². The van der Waals surface area contributed by atoms with E-state index in [0.717, 1.165) is 11.3 Å². The average Bonchev–Trinajstić information content (AvgIpc) is 2.45. The van der Waals surface area contributed by atoms with Gasteiger partial charge in [-0.3, -0.25) is 9.48 Å². The summed E-state index contributed by atoms with van der Waals surface area (Å²) in [6.45, 7) is 1.85. The van der Waals surface area contributed by atoms with E-state index in [2.05, 4.69) is 26.0 Å². The van der Waals surface area contributed by atoms with Crippen LogP contribution in [0.25, 0.3) is 11.0 Å². The Kier molecular flexibility index (Phi) is 1.76. The third-order valence-electron chi connectivity index (χ3n) is 2.02. The maximum atomic E-state index is 11.6. The number of aromatic amines is 1. The van der Waals surface area contributed by atoms with Gasteiger partial charge in [0.1, 0.15) is 5.65 Å². The summed E-state index contributed by atoms with van der Waals surface area (Å²) < 4.78 is 2.23. The monoisotopic (exact) mass is 241 g/mol. The van der Waals surface area contributed by atoms with Gasteiger partial charge in [0, 0.05) is 12.7 Å². The molecule has 0 aliphatic heterocycles. The highest BCUT2D eigenvalue weighted by Gasteiger charge is 2.08. The second-order valence-corrected chi connectivity index (χ2v) is 3.72. The third-order valence-corrected chi connectivity index (χ3v) is 2.97. The lowest BCUT2D eigenvalue weighted by Crippen LogP contribution is -2.06. The van der Waals surface area contributed by atoms with Gasteiger partial charge in [0.25, 0.3) is 0 Å². The molecule has 0 spiro atoms. The molecular formula is C8H8BrN3O. The highest BCUT2D eigenvalue weighted by Crippen LogP contribution is 2.13. The molecule has 13 heavy (non-hydrogen) atoms. The number of pyridine rings is 1. The Bertz CT molecular complexity index is 526. The maximum absolute atomic E-state index is 11.6. The van der Waals surface area contributed by atoms with Crippen molar-refractivity contribution in [2.24, 2.45) is 7.05 Å². The zero-order valence-electron chi connectivity index (χ0n) is 7.26. The van der Waals surface area contributed by atoms with E-state index in [1.807, 2.05) is 6.92 Å². The van der Waals surface area contributed by atoms with Crippen molar-refractivity contribution in [2.75, 3.05) is 0 Å². The van der Waals surface area contributed by atoms with Crippen LogP contribution >= 0.6 is 15.9 Å². The molecular weight excluding hydrogens is 234 g/mol. The molecule has 2 aromatic heterocycles. The van der Waals surface area contributed by atoms with Gasteiger partial charge in [0.05, 0.1) is 16.1 Å². The van der Waals surface area contributed by atoms with Gasteiger partial charge in [-0.2, -0.15) is 5.10 Å². The van der Waals surface area contributed by atoms with Crippen molar-refractivity contribution >= 4 is 27.0 Å². The van der Waals surface area contributed by atoms with E-state index in [9.17, 15) is 4.79 Å². The first-order valence-electron chi connectivity index (χ1n) is 3.81. The molecule has 0 unspecified atom stereocenters. The number of aryl methyl sites for hydroxylation is 2. The van der Waals surface area contributed by atoms with Crippen LogP contribution in [0.5, 0.6) is 0 Å². The fraction of sp³-hybridized carbons (Fsp3) is 0.250. The van der Waals surface area contributed by atoms with Gasteiger partial charge in [0.15, 0.2) is 0 Å². The quantitative estimate of drug-likeness (QED) is 0.757. The summed E-state index contributed by atoms with van der Waals surface area (Å²) in [5.41, 5.74) is 1.56. The Hall–Kier alpha value is -1.10. The molecule has 0 amide bonds. The molecule has 0 bridgehead atoms. The average molecular weight is 242 g/mol. The summed E-state index contributed by atoms with van der Waals surface area (Å²) in [6, 6.07) is 0. The van der Waals surface area contributed by atoms with Crippen LogP contribution in [0.4, 0.5) is 0 Å². The van der Waals surface area contributed by atoms with Crippen LogP contribution in [0.2, 0.25) is 0 Å². The summed E-state index contributed by atoms with van der Waals surface area (Å²) in [5, 5.41) is 4.61. The topological polar surface area (TPSA) is 50.7 Å². The minimum atomic E-state index is -0.0145. The summed E-state index contributed by atoms with van der Waals surface area (Å²) >= 11 is 3.23. The van der Waals surface area contributed by atoms with Gasteiger partial charge in [-0.05, 0) is 22.9 Å². The zero-order chi connectivity index (χ0) is 9.59. The molecule has 0 aromatic carbocycles. The highest BCUT2D eigenvalue weighted by atomic mass is 79.9. The van der Waals surface area contributed by atoms with E-state index in [1.54, 1.807) is 17.9 Å². The Morgan fingerprint density at radius 3 is 3.00 bits per heavy atom. The van der Waals surface area contributed by atoms with Crippen molar-refractivity contribution in [3.8, 4) is 0 Å². The summed E-state index contributed by atoms with van der Waals surface area (Å²) in [5.74, 6) is 0. The molecule has 68 valence electrons. The molecule has 0 aliphatic rings. The molecule has 0 saturated carbocycles. The third kappa shape index (κ3) is 1.11. The van der Waals surface area contributed by atoms with Crippen LogP contribution in [-0.4, -0.2) is 14.8 Å². The molecule has 2 aromatic rings. The van der Waals surface area contributed by atoms with Crippen LogP contribution in [-0.2, 0) is 7.05 Å². The van der Waals surface area contributed by atoms with E-state index in [4.69, 9.17) is 0 Å². The van der Waals surface area contributed by atoms with Crippen molar-refractivity contribution in [1.82, 2.24) is 14.8 Å². The number of nitrogens with one attached hydrogen (secondary N) is 1. The number of halogens is 1. The Morgan fingerprint density at radius 2 is 2.31 bits per heavy atom. The van der Waals surface area contributed by atoms with Crippen LogP contribution in [0, 0.1) is 6.92 Å². The Morgan fingerprint density at radius 1 is 1.62 bits per heavy atom. The first kappa shape index (κ1) is 8.50. The Labute approximate surface area is 82.7 Å². The number of rotatable bonds is 0. The fourth-order valence-electron chi connectivity index (χ4n) is 1.27. The smallest absolute Gasteiger partial charge is 0.207 e. The molecule has 0 aliphatic carbocycles. The zero-order valence-corrected chi connectivity index (χ0v) is 8.84. The lowest BCUT2D eigenvalue weighted by Gasteiger charge is -1.99. The molecule has 0 fully saturated rings. The van der Waals surface area contributed by atoms with E-state index < -0.39 is 0 Å². The molecule has 2 heterocycles. The Balaban J connectivity index is 3.05. The number of H-pyrrole nitrogens is 1. The fourth-order valence-corrected chi connectivity index (χ4v) is 1.59. The number of hydrogen-bond donors (Lipinski definition) is 1. The number of hydrogen-bond acceptors (Lipinski definition) is 2. The van der Waals surface area contributed by atoms with Gasteiger partial charge in [-0.15, -0.1) is 0 Å².